The number of likely N-dealkylation sites (tertiary alicyclic amines) is 1. The Morgan fingerprint density at radius 2 is 2.20 bits per heavy atom. The van der Waals surface area contributed by atoms with E-state index in [2.05, 4.69) is 4.98 Å². The van der Waals surface area contributed by atoms with Crippen molar-refractivity contribution in [3.63, 3.8) is 0 Å². The minimum absolute atomic E-state index is 0.231. The van der Waals surface area contributed by atoms with E-state index in [1.54, 1.807) is 11.1 Å². The van der Waals surface area contributed by atoms with Crippen molar-refractivity contribution in [3.05, 3.63) is 23.9 Å². The molecule has 1 fully saturated rings. The first-order valence-corrected chi connectivity index (χ1v) is 7.04. The fourth-order valence-corrected chi connectivity index (χ4v) is 2.40. The molecule has 1 unspecified atom stereocenters. The molecule has 0 aliphatic carbocycles. The number of aromatic nitrogens is 1. The molecule has 0 bridgehead atoms. The molecule has 0 spiro atoms. The van der Waals surface area contributed by atoms with Crippen LogP contribution in [-0.2, 0) is 4.74 Å². The Hall–Kier alpha value is -1.78. The fraction of sp³-hybridized carbons (Fsp3) is 0.600. The van der Waals surface area contributed by atoms with Crippen molar-refractivity contribution < 1.29 is 9.53 Å². The van der Waals surface area contributed by atoms with E-state index in [1.165, 1.54) is 0 Å². The Balaban J connectivity index is 2.01. The summed E-state index contributed by atoms with van der Waals surface area (Å²) >= 11 is 0. The van der Waals surface area contributed by atoms with Crippen LogP contribution in [0.4, 0.5) is 10.6 Å². The van der Waals surface area contributed by atoms with Gasteiger partial charge in [-0.1, -0.05) is 6.07 Å². The molecular weight excluding hydrogens is 254 g/mol. The SMILES string of the molecule is CC(C)(C)OC(=O)N1CCCC(c2ccc(N)nc2)C1. The van der Waals surface area contributed by atoms with Gasteiger partial charge >= 0.3 is 6.09 Å². The minimum Gasteiger partial charge on any atom is -0.444 e. The summed E-state index contributed by atoms with van der Waals surface area (Å²) in [5.74, 6) is 0.831. The quantitative estimate of drug-likeness (QED) is 0.857. The highest BCUT2D eigenvalue weighted by atomic mass is 16.6. The van der Waals surface area contributed by atoms with Gasteiger partial charge in [0.1, 0.15) is 11.4 Å². The van der Waals surface area contributed by atoms with E-state index in [0.29, 0.717) is 18.3 Å². The molecule has 5 heteroatoms. The van der Waals surface area contributed by atoms with Crippen LogP contribution in [-0.4, -0.2) is 34.7 Å². The van der Waals surface area contributed by atoms with Crippen molar-refractivity contribution in [2.24, 2.45) is 0 Å². The third kappa shape index (κ3) is 3.85. The molecule has 1 atom stereocenters. The predicted molar refractivity (Wildman–Crippen MR) is 78.4 cm³/mol. The molecule has 2 rings (SSSR count). The average molecular weight is 277 g/mol. The second kappa shape index (κ2) is 5.69. The first kappa shape index (κ1) is 14.6. The maximum absolute atomic E-state index is 12.1. The molecule has 0 aromatic carbocycles. The molecule has 2 heterocycles. The van der Waals surface area contributed by atoms with Crippen LogP contribution in [0.2, 0.25) is 0 Å². The number of carbonyl (C=O) groups is 1. The van der Waals surface area contributed by atoms with Crippen LogP contribution in [0.1, 0.15) is 45.1 Å². The zero-order valence-electron chi connectivity index (χ0n) is 12.4. The number of hydrogen-bond donors (Lipinski definition) is 1. The molecule has 110 valence electrons. The van der Waals surface area contributed by atoms with Crippen LogP contribution < -0.4 is 5.73 Å². The Labute approximate surface area is 120 Å². The van der Waals surface area contributed by atoms with Crippen molar-refractivity contribution in [1.82, 2.24) is 9.88 Å². The Bertz CT molecular complexity index is 465. The van der Waals surface area contributed by atoms with E-state index >= 15 is 0 Å². The minimum atomic E-state index is -0.452. The summed E-state index contributed by atoms with van der Waals surface area (Å²) in [7, 11) is 0. The summed E-state index contributed by atoms with van der Waals surface area (Å²) in [6, 6.07) is 3.80. The number of ether oxygens (including phenoxy) is 1. The lowest BCUT2D eigenvalue weighted by molar-refractivity contribution is 0.0198. The van der Waals surface area contributed by atoms with Gasteiger partial charge < -0.3 is 15.4 Å². The van der Waals surface area contributed by atoms with Gasteiger partial charge in [0, 0.05) is 25.2 Å². The number of anilines is 1. The predicted octanol–water partition coefficient (Wildman–Crippen LogP) is 2.78. The molecule has 1 aliphatic rings. The molecule has 1 aromatic rings. The summed E-state index contributed by atoms with van der Waals surface area (Å²) in [4.78, 5) is 18.0. The maximum atomic E-state index is 12.1. The van der Waals surface area contributed by atoms with Crippen LogP contribution in [0.25, 0.3) is 0 Å². The molecule has 0 radical (unpaired) electrons. The molecule has 2 N–H and O–H groups in total. The van der Waals surface area contributed by atoms with Crippen molar-refractivity contribution in [1.29, 1.82) is 0 Å². The smallest absolute Gasteiger partial charge is 0.410 e. The number of piperidine rings is 1. The van der Waals surface area contributed by atoms with Gasteiger partial charge in [0.15, 0.2) is 0 Å². The zero-order valence-corrected chi connectivity index (χ0v) is 12.4. The van der Waals surface area contributed by atoms with Gasteiger partial charge in [0.25, 0.3) is 0 Å². The highest BCUT2D eigenvalue weighted by Crippen LogP contribution is 2.27. The molecule has 0 saturated carbocycles. The molecule has 1 aliphatic heterocycles. The summed E-state index contributed by atoms with van der Waals surface area (Å²) in [5, 5.41) is 0. The van der Waals surface area contributed by atoms with Gasteiger partial charge in [-0.25, -0.2) is 9.78 Å². The van der Waals surface area contributed by atoms with Crippen LogP contribution >= 0.6 is 0 Å². The lowest BCUT2D eigenvalue weighted by atomic mass is 9.92. The van der Waals surface area contributed by atoms with Crippen LogP contribution in [0, 0.1) is 0 Å². The molecule has 20 heavy (non-hydrogen) atoms. The van der Waals surface area contributed by atoms with Crippen molar-refractivity contribution in [2.75, 3.05) is 18.8 Å². The lowest BCUT2D eigenvalue weighted by Gasteiger charge is -2.34. The average Bonchev–Trinajstić information content (AvgIpc) is 2.38. The van der Waals surface area contributed by atoms with Gasteiger partial charge in [0.05, 0.1) is 0 Å². The van der Waals surface area contributed by atoms with E-state index in [0.717, 1.165) is 24.9 Å². The molecule has 1 aromatic heterocycles. The molecule has 5 nitrogen and oxygen atoms in total. The highest BCUT2D eigenvalue weighted by Gasteiger charge is 2.28. The van der Waals surface area contributed by atoms with Crippen molar-refractivity contribution in [2.45, 2.75) is 45.1 Å². The third-order valence-electron chi connectivity index (χ3n) is 3.35. The number of carbonyl (C=O) groups excluding carboxylic acids is 1. The van der Waals surface area contributed by atoms with Gasteiger partial charge in [-0.05, 0) is 45.2 Å². The summed E-state index contributed by atoms with van der Waals surface area (Å²) in [5.41, 5.74) is 6.29. The number of rotatable bonds is 1. The number of amides is 1. The van der Waals surface area contributed by atoms with Crippen LogP contribution in [0.5, 0.6) is 0 Å². The third-order valence-corrected chi connectivity index (χ3v) is 3.35. The Morgan fingerprint density at radius 1 is 1.45 bits per heavy atom. The van der Waals surface area contributed by atoms with E-state index in [-0.39, 0.29) is 6.09 Å². The largest absolute Gasteiger partial charge is 0.444 e. The number of pyridine rings is 1. The van der Waals surface area contributed by atoms with E-state index in [9.17, 15) is 4.79 Å². The first-order valence-electron chi connectivity index (χ1n) is 7.04. The van der Waals surface area contributed by atoms with Crippen LogP contribution in [0.15, 0.2) is 18.3 Å². The Kier molecular flexibility index (Phi) is 4.16. The van der Waals surface area contributed by atoms with E-state index in [4.69, 9.17) is 10.5 Å². The zero-order chi connectivity index (χ0) is 14.8. The number of nitrogens with two attached hydrogens (primary N) is 1. The van der Waals surface area contributed by atoms with Crippen molar-refractivity contribution >= 4 is 11.9 Å². The maximum Gasteiger partial charge on any atom is 0.410 e. The normalized spacial score (nSPS) is 19.8. The monoisotopic (exact) mass is 277 g/mol. The second-order valence-electron chi connectivity index (χ2n) is 6.28. The summed E-state index contributed by atoms with van der Waals surface area (Å²) < 4.78 is 5.43. The number of nitrogen functional groups attached to an aromatic ring is 1. The lowest BCUT2D eigenvalue weighted by Crippen LogP contribution is -2.42. The molecule has 1 saturated heterocycles. The summed E-state index contributed by atoms with van der Waals surface area (Å²) in [6.07, 6.45) is 3.61. The number of hydrogen-bond acceptors (Lipinski definition) is 4. The van der Waals surface area contributed by atoms with Crippen molar-refractivity contribution in [3.8, 4) is 0 Å². The molecular formula is C15H23N3O2. The van der Waals surface area contributed by atoms with E-state index in [1.807, 2.05) is 32.9 Å². The van der Waals surface area contributed by atoms with Gasteiger partial charge in [-0.15, -0.1) is 0 Å². The van der Waals surface area contributed by atoms with Gasteiger partial charge in [0.2, 0.25) is 0 Å². The topological polar surface area (TPSA) is 68.5 Å². The fourth-order valence-electron chi connectivity index (χ4n) is 2.40. The Morgan fingerprint density at radius 3 is 2.80 bits per heavy atom. The van der Waals surface area contributed by atoms with E-state index < -0.39 is 5.60 Å². The summed E-state index contributed by atoms with van der Waals surface area (Å²) in [6.45, 7) is 7.09. The first-order chi connectivity index (χ1) is 9.35. The standard InChI is InChI=1S/C15H23N3O2/c1-15(2,3)20-14(19)18-8-4-5-12(10-18)11-6-7-13(16)17-9-11/h6-7,9,12H,4-5,8,10H2,1-3H3,(H2,16,17). The number of nitrogens with zero attached hydrogens (tertiary/aromatic N) is 2. The van der Waals surface area contributed by atoms with Gasteiger partial charge in [-0.2, -0.15) is 0 Å². The van der Waals surface area contributed by atoms with Crippen LogP contribution in [0.3, 0.4) is 0 Å². The molecule has 1 amide bonds. The second-order valence-corrected chi connectivity index (χ2v) is 6.28. The van der Waals surface area contributed by atoms with Gasteiger partial charge in [-0.3, -0.25) is 0 Å². The highest BCUT2D eigenvalue weighted by molar-refractivity contribution is 5.68.